The van der Waals surface area contributed by atoms with E-state index in [0.29, 0.717) is 18.1 Å². The van der Waals surface area contributed by atoms with Crippen LogP contribution in [0, 0.1) is 0 Å². The van der Waals surface area contributed by atoms with E-state index in [1.54, 1.807) is 12.1 Å². The highest BCUT2D eigenvalue weighted by molar-refractivity contribution is 6.30. The zero-order valence-electron chi connectivity index (χ0n) is 11.4. The Hall–Kier alpha value is -1.88. The van der Waals surface area contributed by atoms with Gasteiger partial charge in [-0.1, -0.05) is 29.8 Å². The molecule has 2 N–H and O–H groups in total. The standard InChI is InChI=1S/C16H16ClN3O/c17-13-6-4-12(5-7-13)15(21)10-18-9-14-11-20-8-2-1-3-16(20)19-14/h1-8,11,15,18,21H,9-10H2. The predicted molar refractivity (Wildman–Crippen MR) is 83.3 cm³/mol. The van der Waals surface area contributed by atoms with E-state index in [4.69, 9.17) is 11.6 Å². The molecule has 0 fully saturated rings. The number of benzene rings is 1. The first-order valence-electron chi connectivity index (χ1n) is 6.79. The third-order valence-corrected chi connectivity index (χ3v) is 3.56. The summed E-state index contributed by atoms with van der Waals surface area (Å²) in [4.78, 5) is 4.50. The number of hydrogen-bond donors (Lipinski definition) is 2. The quantitative estimate of drug-likeness (QED) is 0.762. The topological polar surface area (TPSA) is 49.6 Å². The van der Waals surface area contributed by atoms with Crippen LogP contribution in [0.3, 0.4) is 0 Å². The van der Waals surface area contributed by atoms with Gasteiger partial charge >= 0.3 is 0 Å². The molecule has 0 aliphatic rings. The number of aliphatic hydroxyl groups excluding tert-OH is 1. The van der Waals surface area contributed by atoms with Crippen LogP contribution in [0.25, 0.3) is 5.65 Å². The smallest absolute Gasteiger partial charge is 0.137 e. The molecule has 5 heteroatoms. The van der Waals surface area contributed by atoms with Crippen molar-refractivity contribution in [1.29, 1.82) is 0 Å². The number of hydrogen-bond acceptors (Lipinski definition) is 3. The molecule has 2 aromatic heterocycles. The molecule has 0 bridgehead atoms. The van der Waals surface area contributed by atoms with Gasteiger partial charge < -0.3 is 14.8 Å². The van der Waals surface area contributed by atoms with Gasteiger partial charge in [-0.2, -0.15) is 0 Å². The van der Waals surface area contributed by atoms with Crippen LogP contribution in [-0.4, -0.2) is 21.0 Å². The van der Waals surface area contributed by atoms with E-state index in [0.717, 1.165) is 16.9 Å². The van der Waals surface area contributed by atoms with Crippen molar-refractivity contribution in [2.24, 2.45) is 0 Å². The van der Waals surface area contributed by atoms with E-state index in [-0.39, 0.29) is 0 Å². The number of nitrogens with one attached hydrogen (secondary N) is 1. The predicted octanol–water partition coefficient (Wildman–Crippen LogP) is 2.81. The Morgan fingerprint density at radius 2 is 2.00 bits per heavy atom. The fourth-order valence-corrected chi connectivity index (χ4v) is 2.34. The van der Waals surface area contributed by atoms with Gasteiger partial charge in [0, 0.05) is 30.5 Å². The molecule has 0 amide bonds. The summed E-state index contributed by atoms with van der Waals surface area (Å²) >= 11 is 5.83. The average Bonchev–Trinajstić information content (AvgIpc) is 2.90. The third kappa shape index (κ3) is 3.42. The van der Waals surface area contributed by atoms with Crippen molar-refractivity contribution >= 4 is 17.2 Å². The molecule has 0 radical (unpaired) electrons. The van der Waals surface area contributed by atoms with Crippen molar-refractivity contribution in [1.82, 2.24) is 14.7 Å². The second kappa shape index (κ2) is 6.26. The number of aromatic nitrogens is 2. The highest BCUT2D eigenvalue weighted by Crippen LogP contribution is 2.15. The summed E-state index contributed by atoms with van der Waals surface area (Å²) < 4.78 is 1.98. The summed E-state index contributed by atoms with van der Waals surface area (Å²) in [6.07, 6.45) is 3.39. The lowest BCUT2D eigenvalue weighted by molar-refractivity contribution is 0.174. The minimum absolute atomic E-state index is 0.468. The molecule has 0 saturated heterocycles. The zero-order chi connectivity index (χ0) is 14.7. The van der Waals surface area contributed by atoms with Crippen LogP contribution in [0.5, 0.6) is 0 Å². The molecule has 0 aliphatic heterocycles. The number of halogens is 1. The Bertz CT molecular complexity index is 691. The van der Waals surface area contributed by atoms with E-state index in [1.807, 2.05) is 47.1 Å². The molecule has 108 valence electrons. The normalized spacial score (nSPS) is 12.7. The lowest BCUT2D eigenvalue weighted by atomic mass is 10.1. The van der Waals surface area contributed by atoms with Gasteiger partial charge in [0.2, 0.25) is 0 Å². The summed E-state index contributed by atoms with van der Waals surface area (Å²) in [7, 11) is 0. The van der Waals surface area contributed by atoms with Crippen molar-refractivity contribution in [3.8, 4) is 0 Å². The van der Waals surface area contributed by atoms with Crippen LogP contribution in [0.2, 0.25) is 5.02 Å². The third-order valence-electron chi connectivity index (χ3n) is 3.31. The van der Waals surface area contributed by atoms with Crippen molar-refractivity contribution < 1.29 is 5.11 Å². The maximum absolute atomic E-state index is 10.1. The monoisotopic (exact) mass is 301 g/mol. The average molecular weight is 302 g/mol. The fraction of sp³-hybridized carbons (Fsp3) is 0.188. The lowest BCUT2D eigenvalue weighted by Gasteiger charge is -2.11. The molecular formula is C16H16ClN3O. The highest BCUT2D eigenvalue weighted by Gasteiger charge is 2.07. The van der Waals surface area contributed by atoms with Gasteiger partial charge in [0.25, 0.3) is 0 Å². The molecule has 0 aliphatic carbocycles. The first-order valence-corrected chi connectivity index (χ1v) is 7.17. The van der Waals surface area contributed by atoms with E-state index in [2.05, 4.69) is 10.3 Å². The number of fused-ring (bicyclic) bond motifs is 1. The number of pyridine rings is 1. The molecule has 2 heterocycles. The Balaban J connectivity index is 1.56. The van der Waals surface area contributed by atoms with E-state index in [1.165, 1.54) is 0 Å². The Morgan fingerprint density at radius 3 is 2.76 bits per heavy atom. The summed E-state index contributed by atoms with van der Waals surface area (Å²) in [5.74, 6) is 0. The number of nitrogens with zero attached hydrogens (tertiary/aromatic N) is 2. The van der Waals surface area contributed by atoms with Gasteiger partial charge in [0.15, 0.2) is 0 Å². The molecule has 1 atom stereocenters. The first kappa shape index (κ1) is 14.1. The van der Waals surface area contributed by atoms with Gasteiger partial charge in [0.1, 0.15) is 5.65 Å². The Kier molecular flexibility index (Phi) is 4.20. The molecule has 0 saturated carbocycles. The Morgan fingerprint density at radius 1 is 1.19 bits per heavy atom. The SMILES string of the molecule is OC(CNCc1cn2ccccc2n1)c1ccc(Cl)cc1. The van der Waals surface area contributed by atoms with Crippen molar-refractivity contribution in [2.45, 2.75) is 12.6 Å². The van der Waals surface area contributed by atoms with Gasteiger partial charge in [-0.25, -0.2) is 4.98 Å². The zero-order valence-corrected chi connectivity index (χ0v) is 12.2. The molecule has 3 rings (SSSR count). The second-order valence-corrected chi connectivity index (χ2v) is 5.33. The maximum Gasteiger partial charge on any atom is 0.137 e. The maximum atomic E-state index is 10.1. The first-order chi connectivity index (χ1) is 10.2. The van der Waals surface area contributed by atoms with Gasteiger partial charge in [-0.3, -0.25) is 0 Å². The molecule has 21 heavy (non-hydrogen) atoms. The molecule has 4 nitrogen and oxygen atoms in total. The van der Waals surface area contributed by atoms with Crippen molar-refractivity contribution in [3.05, 3.63) is 71.1 Å². The van der Waals surface area contributed by atoms with E-state index in [9.17, 15) is 5.11 Å². The van der Waals surface area contributed by atoms with Crippen LogP contribution in [0.15, 0.2) is 54.9 Å². The molecule has 1 aromatic carbocycles. The molecular weight excluding hydrogens is 286 g/mol. The minimum Gasteiger partial charge on any atom is -0.387 e. The molecule has 1 unspecified atom stereocenters. The van der Waals surface area contributed by atoms with Crippen LogP contribution in [0.1, 0.15) is 17.4 Å². The van der Waals surface area contributed by atoms with E-state index < -0.39 is 6.10 Å². The summed E-state index contributed by atoms with van der Waals surface area (Å²) in [6, 6.07) is 13.1. The summed E-state index contributed by atoms with van der Waals surface area (Å²) in [6.45, 7) is 1.09. The van der Waals surface area contributed by atoms with Crippen LogP contribution >= 0.6 is 11.6 Å². The lowest BCUT2D eigenvalue weighted by Crippen LogP contribution is -2.21. The fourth-order valence-electron chi connectivity index (χ4n) is 2.21. The van der Waals surface area contributed by atoms with Crippen LogP contribution in [-0.2, 0) is 6.54 Å². The largest absolute Gasteiger partial charge is 0.387 e. The van der Waals surface area contributed by atoms with Crippen molar-refractivity contribution in [3.63, 3.8) is 0 Å². The molecule has 0 spiro atoms. The molecule has 3 aromatic rings. The van der Waals surface area contributed by atoms with E-state index >= 15 is 0 Å². The Labute approximate surface area is 128 Å². The summed E-state index contributed by atoms with van der Waals surface area (Å²) in [5.41, 5.74) is 2.72. The second-order valence-electron chi connectivity index (χ2n) is 4.90. The number of imidazole rings is 1. The van der Waals surface area contributed by atoms with Gasteiger partial charge in [-0.15, -0.1) is 0 Å². The van der Waals surface area contributed by atoms with Gasteiger partial charge in [-0.05, 0) is 29.8 Å². The number of aliphatic hydroxyl groups is 1. The van der Waals surface area contributed by atoms with Crippen LogP contribution < -0.4 is 5.32 Å². The van der Waals surface area contributed by atoms with Crippen molar-refractivity contribution in [2.75, 3.05) is 6.54 Å². The highest BCUT2D eigenvalue weighted by atomic mass is 35.5. The van der Waals surface area contributed by atoms with Gasteiger partial charge in [0.05, 0.1) is 11.8 Å². The number of rotatable bonds is 5. The minimum atomic E-state index is -0.556. The van der Waals surface area contributed by atoms with Crippen LogP contribution in [0.4, 0.5) is 0 Å². The summed E-state index contributed by atoms with van der Waals surface area (Å²) in [5, 5.41) is 14.0.